The minimum absolute atomic E-state index is 0.0519. The topological polar surface area (TPSA) is 205 Å². The van der Waals surface area contributed by atoms with E-state index in [0.717, 1.165) is 30.3 Å². The molecule has 1 amide bonds. The first-order valence-corrected chi connectivity index (χ1v) is 17.2. The molecule has 0 bridgehead atoms. The van der Waals surface area contributed by atoms with Gasteiger partial charge in [-0.2, -0.15) is 0 Å². The third kappa shape index (κ3) is 7.21. The highest BCUT2D eigenvalue weighted by molar-refractivity contribution is 8.00. The van der Waals surface area contributed by atoms with Crippen molar-refractivity contribution in [1.29, 1.82) is 0 Å². The Labute approximate surface area is 297 Å². The van der Waals surface area contributed by atoms with Crippen LogP contribution in [0.1, 0.15) is 18.5 Å². The number of likely N-dealkylation sites (tertiary alicyclic amines) is 1. The lowest BCUT2D eigenvalue weighted by Crippen LogP contribution is -2.57. The Bertz CT molecular complexity index is 1850. The average Bonchev–Trinajstić information content (AvgIpc) is 3.81. The molecule has 1 aromatic carbocycles. The molecular formula is C31H34F3N9O8S. The van der Waals surface area contributed by atoms with Crippen LogP contribution in [0.25, 0.3) is 22.5 Å². The molecule has 52 heavy (non-hydrogen) atoms. The summed E-state index contributed by atoms with van der Waals surface area (Å²) in [4.78, 5) is 22.7. The maximum Gasteiger partial charge on any atom is 0.316 e. The summed E-state index contributed by atoms with van der Waals surface area (Å²) < 4.78 is 67.6. The van der Waals surface area contributed by atoms with Crippen LogP contribution in [-0.4, -0.2) is 148 Å². The first-order chi connectivity index (χ1) is 25.1. The highest BCUT2D eigenvalue weighted by Gasteiger charge is 2.50. The summed E-state index contributed by atoms with van der Waals surface area (Å²) in [5.41, 5.74) is -0.194. The molecule has 3 aliphatic heterocycles. The van der Waals surface area contributed by atoms with E-state index in [9.17, 15) is 33.3 Å². The molecule has 21 heteroatoms. The number of methoxy groups -OCH3 is 1. The van der Waals surface area contributed by atoms with Crippen LogP contribution in [0.5, 0.6) is 6.01 Å². The number of aliphatic hydroxyl groups is 3. The quantitative estimate of drug-likeness (QED) is 0.178. The number of ether oxygens (including phenoxy) is 4. The zero-order valence-corrected chi connectivity index (χ0v) is 28.3. The summed E-state index contributed by atoms with van der Waals surface area (Å²) in [5, 5.41) is 49.1. The van der Waals surface area contributed by atoms with E-state index >= 15 is 0 Å². The molecule has 8 atom stereocenters. The van der Waals surface area contributed by atoms with Gasteiger partial charge in [0.2, 0.25) is 5.91 Å². The van der Waals surface area contributed by atoms with Crippen LogP contribution in [0.15, 0.2) is 36.9 Å². The normalized spacial score (nSPS) is 27.7. The fourth-order valence-corrected chi connectivity index (χ4v) is 7.60. The molecule has 0 spiro atoms. The minimum atomic E-state index is -1.64. The Morgan fingerprint density at radius 3 is 2.31 bits per heavy atom. The van der Waals surface area contributed by atoms with Crippen molar-refractivity contribution in [1.82, 2.24) is 44.9 Å². The van der Waals surface area contributed by atoms with E-state index in [4.69, 9.17) is 18.9 Å². The number of benzene rings is 1. The second-order valence-corrected chi connectivity index (χ2v) is 13.7. The summed E-state index contributed by atoms with van der Waals surface area (Å²) in [7, 11) is 1.45. The molecule has 6 heterocycles. The Kier molecular flexibility index (Phi) is 10.7. The van der Waals surface area contributed by atoms with Gasteiger partial charge in [-0.25, -0.2) is 32.5 Å². The zero-order valence-electron chi connectivity index (χ0n) is 27.5. The van der Waals surface area contributed by atoms with Gasteiger partial charge in [-0.05, 0) is 18.6 Å². The van der Waals surface area contributed by atoms with Crippen LogP contribution in [0.4, 0.5) is 13.2 Å². The number of amides is 1. The van der Waals surface area contributed by atoms with Crippen LogP contribution >= 0.6 is 11.8 Å². The predicted octanol–water partition coefficient (Wildman–Crippen LogP) is 0.390. The maximum atomic E-state index is 14.1. The van der Waals surface area contributed by atoms with Gasteiger partial charge < -0.3 is 39.2 Å². The summed E-state index contributed by atoms with van der Waals surface area (Å²) in [5.74, 6) is -4.80. The lowest BCUT2D eigenvalue weighted by atomic mass is 9.97. The molecule has 0 aliphatic carbocycles. The molecule has 0 saturated carbocycles. The van der Waals surface area contributed by atoms with Crippen molar-refractivity contribution in [3.63, 3.8) is 0 Å². The van der Waals surface area contributed by atoms with Gasteiger partial charge in [-0.15, -0.1) is 22.0 Å². The molecule has 3 N–H and O–H groups in total. The SMILES string of the molecule is COc1ncc(-c2cn(C3COCC(SC4OC(CO)C(O)C(n5cc(-c6cc(F)c(F)c(F)c6)nn5)C4OCC(=O)N4CCC4)C3O)nn2)cn1. The molecule has 7 rings (SSSR count). The molecule has 3 saturated heterocycles. The Balaban J connectivity index is 1.15. The monoisotopic (exact) mass is 749 g/mol. The van der Waals surface area contributed by atoms with Gasteiger partial charge in [0.1, 0.15) is 53.8 Å². The van der Waals surface area contributed by atoms with Gasteiger partial charge >= 0.3 is 6.01 Å². The molecule has 3 aromatic heterocycles. The van der Waals surface area contributed by atoms with E-state index in [2.05, 4.69) is 30.6 Å². The van der Waals surface area contributed by atoms with Crippen molar-refractivity contribution >= 4 is 17.7 Å². The Morgan fingerprint density at radius 1 is 0.981 bits per heavy atom. The van der Waals surface area contributed by atoms with Crippen LogP contribution in [0.2, 0.25) is 0 Å². The van der Waals surface area contributed by atoms with Crippen LogP contribution in [0.3, 0.4) is 0 Å². The summed E-state index contributed by atoms with van der Waals surface area (Å²) in [6, 6.07) is -0.152. The van der Waals surface area contributed by atoms with Gasteiger partial charge in [0, 0.05) is 36.6 Å². The van der Waals surface area contributed by atoms with Gasteiger partial charge in [-0.1, -0.05) is 10.4 Å². The van der Waals surface area contributed by atoms with E-state index in [0.29, 0.717) is 24.3 Å². The molecule has 3 aliphatic rings. The molecule has 3 fully saturated rings. The number of aliphatic hydroxyl groups excluding tert-OH is 3. The number of hydrogen-bond donors (Lipinski definition) is 3. The van der Waals surface area contributed by atoms with E-state index in [1.54, 1.807) is 11.1 Å². The number of nitrogens with zero attached hydrogens (tertiary/aromatic N) is 9. The standard InChI is InChI=1S/C31H34F3N9O8S/c1-48-31-35-7-16(8-36-31)20-9-42(39-38-20)21-12-49-13-23(27(21)46)52-30-29(50-14-24(45)41-3-2-4-41)26(28(47)22(11-44)51-30)43-10-19(37-40-43)15-5-17(32)25(34)18(33)6-15/h5-10,21-23,26-30,44,46-47H,2-4,11-14H2,1H3. The molecule has 278 valence electrons. The Hall–Kier alpha value is -4.25. The van der Waals surface area contributed by atoms with Gasteiger partial charge in [0.25, 0.3) is 0 Å². The zero-order chi connectivity index (χ0) is 36.5. The minimum Gasteiger partial charge on any atom is -0.467 e. The number of thioether (sulfide) groups is 1. The third-order valence-electron chi connectivity index (χ3n) is 9.14. The Morgan fingerprint density at radius 2 is 1.65 bits per heavy atom. The lowest BCUT2D eigenvalue weighted by molar-refractivity contribution is -0.196. The highest BCUT2D eigenvalue weighted by Crippen LogP contribution is 2.41. The smallest absolute Gasteiger partial charge is 0.316 e. The third-order valence-corrected chi connectivity index (χ3v) is 10.6. The van der Waals surface area contributed by atoms with Crippen molar-refractivity contribution < 1.29 is 52.2 Å². The highest BCUT2D eigenvalue weighted by atomic mass is 32.2. The summed E-state index contributed by atoms with van der Waals surface area (Å²) in [6.45, 7) is 0.286. The largest absolute Gasteiger partial charge is 0.467 e. The second-order valence-electron chi connectivity index (χ2n) is 12.4. The fourth-order valence-electron chi connectivity index (χ4n) is 6.13. The first-order valence-electron chi connectivity index (χ1n) is 16.2. The van der Waals surface area contributed by atoms with E-state index in [1.165, 1.54) is 35.1 Å². The van der Waals surface area contributed by atoms with Crippen molar-refractivity contribution in [3.05, 3.63) is 54.4 Å². The van der Waals surface area contributed by atoms with Crippen LogP contribution in [0, 0.1) is 17.5 Å². The number of hydrogen-bond acceptors (Lipinski definition) is 15. The lowest BCUT2D eigenvalue weighted by Gasteiger charge is -2.45. The number of aromatic nitrogens is 8. The summed E-state index contributed by atoms with van der Waals surface area (Å²) in [6.07, 6.45) is 1.91. The maximum absolute atomic E-state index is 14.1. The fraction of sp³-hybridized carbons (Fsp3) is 0.516. The van der Waals surface area contributed by atoms with Gasteiger partial charge in [0.05, 0.1) is 50.7 Å². The first kappa shape index (κ1) is 36.1. The molecule has 8 unspecified atom stereocenters. The average molecular weight is 750 g/mol. The van der Waals surface area contributed by atoms with Crippen LogP contribution in [-0.2, 0) is 19.0 Å². The van der Waals surface area contributed by atoms with E-state index < -0.39 is 77.9 Å². The van der Waals surface area contributed by atoms with Gasteiger partial charge in [0.15, 0.2) is 17.5 Å². The number of halogens is 3. The van der Waals surface area contributed by atoms with Crippen molar-refractivity contribution in [2.45, 2.75) is 53.6 Å². The number of carbonyl (C=O) groups is 1. The molecular weight excluding hydrogens is 715 g/mol. The predicted molar refractivity (Wildman–Crippen MR) is 172 cm³/mol. The molecule has 17 nitrogen and oxygen atoms in total. The van der Waals surface area contributed by atoms with Gasteiger partial charge in [-0.3, -0.25) is 4.79 Å². The van der Waals surface area contributed by atoms with Crippen molar-refractivity contribution in [2.24, 2.45) is 0 Å². The number of carbonyl (C=O) groups excluding carboxylic acids is 1. The van der Waals surface area contributed by atoms with E-state index in [-0.39, 0.29) is 36.4 Å². The second kappa shape index (κ2) is 15.4. The molecule has 4 aromatic rings. The van der Waals surface area contributed by atoms with Crippen LogP contribution < -0.4 is 4.74 Å². The van der Waals surface area contributed by atoms with E-state index in [1.807, 2.05) is 0 Å². The molecule has 0 radical (unpaired) electrons. The van der Waals surface area contributed by atoms with Crippen molar-refractivity contribution in [2.75, 3.05) is 46.6 Å². The summed E-state index contributed by atoms with van der Waals surface area (Å²) >= 11 is 1.10. The number of rotatable bonds is 11. The van der Waals surface area contributed by atoms with Crippen molar-refractivity contribution in [3.8, 4) is 28.5 Å².